The first-order valence-corrected chi connectivity index (χ1v) is 4.83. The van der Waals surface area contributed by atoms with Gasteiger partial charge >= 0.3 is 0 Å². The van der Waals surface area contributed by atoms with E-state index in [-0.39, 0.29) is 5.82 Å². The zero-order valence-corrected chi connectivity index (χ0v) is 8.76. The highest BCUT2D eigenvalue weighted by atomic mass is 19.1. The number of rotatable bonds is 5. The highest BCUT2D eigenvalue weighted by molar-refractivity contribution is 5.44. The van der Waals surface area contributed by atoms with E-state index in [4.69, 9.17) is 0 Å². The summed E-state index contributed by atoms with van der Waals surface area (Å²) in [7, 11) is 4.06. The van der Waals surface area contributed by atoms with E-state index in [1.165, 1.54) is 6.07 Å². The fourth-order valence-corrected chi connectivity index (χ4v) is 1.22. The van der Waals surface area contributed by atoms with Crippen LogP contribution in [0.5, 0.6) is 0 Å². The second kappa shape index (κ2) is 5.60. The molecule has 0 saturated carbocycles. The molecular weight excluding hydrogens is 179 g/mol. The van der Waals surface area contributed by atoms with Crippen LogP contribution >= 0.6 is 0 Å². The number of halogens is 1. The normalized spacial score (nSPS) is 10.6. The smallest absolute Gasteiger partial charge is 0.146 e. The highest BCUT2D eigenvalue weighted by Crippen LogP contribution is 2.11. The standard InChI is InChI=1S/C11H17FN2/c1-14(2)9-5-8-13-11-7-4-3-6-10(11)12/h3-4,6-7,13H,5,8-9H2,1-2H3. The van der Waals surface area contributed by atoms with Gasteiger partial charge < -0.3 is 10.2 Å². The lowest BCUT2D eigenvalue weighted by Gasteiger charge is -2.10. The van der Waals surface area contributed by atoms with Gasteiger partial charge in [-0.05, 0) is 39.2 Å². The van der Waals surface area contributed by atoms with Gasteiger partial charge in [0.2, 0.25) is 0 Å². The molecule has 78 valence electrons. The molecule has 1 aromatic carbocycles. The molecule has 1 N–H and O–H groups in total. The zero-order valence-electron chi connectivity index (χ0n) is 8.76. The Kier molecular flexibility index (Phi) is 4.40. The number of nitrogens with one attached hydrogen (secondary N) is 1. The van der Waals surface area contributed by atoms with Gasteiger partial charge in [-0.25, -0.2) is 4.39 Å². The lowest BCUT2D eigenvalue weighted by Crippen LogP contribution is -2.16. The minimum atomic E-state index is -0.183. The van der Waals surface area contributed by atoms with Crippen molar-refractivity contribution in [3.63, 3.8) is 0 Å². The Morgan fingerprint density at radius 1 is 1.29 bits per heavy atom. The van der Waals surface area contributed by atoms with E-state index in [0.717, 1.165) is 19.5 Å². The lowest BCUT2D eigenvalue weighted by molar-refractivity contribution is 0.405. The Hall–Kier alpha value is -1.09. The van der Waals surface area contributed by atoms with Gasteiger partial charge in [-0.3, -0.25) is 0 Å². The van der Waals surface area contributed by atoms with E-state index in [1.807, 2.05) is 20.2 Å². The second-order valence-corrected chi connectivity index (χ2v) is 3.56. The Morgan fingerprint density at radius 2 is 2.00 bits per heavy atom. The molecule has 0 spiro atoms. The summed E-state index contributed by atoms with van der Waals surface area (Å²) in [5.74, 6) is -0.183. The maximum Gasteiger partial charge on any atom is 0.146 e. The number of hydrogen-bond acceptors (Lipinski definition) is 2. The second-order valence-electron chi connectivity index (χ2n) is 3.56. The SMILES string of the molecule is CN(C)CCCNc1ccccc1F. The Balaban J connectivity index is 2.28. The van der Waals surface area contributed by atoms with Crippen molar-refractivity contribution in [1.29, 1.82) is 0 Å². The summed E-state index contributed by atoms with van der Waals surface area (Å²) in [4.78, 5) is 2.11. The fourth-order valence-electron chi connectivity index (χ4n) is 1.22. The topological polar surface area (TPSA) is 15.3 Å². The minimum absolute atomic E-state index is 0.183. The summed E-state index contributed by atoms with van der Waals surface area (Å²) < 4.78 is 13.1. The van der Waals surface area contributed by atoms with Crippen LogP contribution in [-0.4, -0.2) is 32.1 Å². The molecule has 0 atom stereocenters. The van der Waals surface area contributed by atoms with E-state index in [1.54, 1.807) is 12.1 Å². The number of benzene rings is 1. The summed E-state index contributed by atoms with van der Waals surface area (Å²) in [6.07, 6.45) is 1.02. The number of para-hydroxylation sites is 1. The van der Waals surface area contributed by atoms with E-state index in [0.29, 0.717) is 5.69 Å². The first-order valence-electron chi connectivity index (χ1n) is 4.83. The summed E-state index contributed by atoms with van der Waals surface area (Å²) in [5.41, 5.74) is 0.589. The van der Waals surface area contributed by atoms with E-state index in [2.05, 4.69) is 10.2 Å². The number of hydrogen-bond donors (Lipinski definition) is 1. The third-order valence-corrected chi connectivity index (χ3v) is 1.97. The predicted molar refractivity (Wildman–Crippen MR) is 58.1 cm³/mol. The first kappa shape index (κ1) is 11.0. The van der Waals surface area contributed by atoms with E-state index < -0.39 is 0 Å². The zero-order chi connectivity index (χ0) is 10.4. The average Bonchev–Trinajstić information content (AvgIpc) is 2.15. The van der Waals surface area contributed by atoms with Crippen molar-refractivity contribution in [2.45, 2.75) is 6.42 Å². The van der Waals surface area contributed by atoms with Gasteiger partial charge in [0.25, 0.3) is 0 Å². The van der Waals surface area contributed by atoms with Gasteiger partial charge in [0.1, 0.15) is 5.82 Å². The summed E-state index contributed by atoms with van der Waals surface area (Å²) in [6, 6.07) is 6.75. The molecule has 0 heterocycles. The van der Waals surface area contributed by atoms with Gasteiger partial charge in [0.15, 0.2) is 0 Å². The molecule has 0 saturated heterocycles. The Labute approximate surface area is 84.7 Å². The largest absolute Gasteiger partial charge is 0.383 e. The molecule has 14 heavy (non-hydrogen) atoms. The van der Waals surface area contributed by atoms with Gasteiger partial charge in [-0.15, -0.1) is 0 Å². The van der Waals surface area contributed by atoms with Crippen LogP contribution in [-0.2, 0) is 0 Å². The molecule has 3 heteroatoms. The summed E-state index contributed by atoms with van der Waals surface area (Å²) >= 11 is 0. The Morgan fingerprint density at radius 3 is 2.64 bits per heavy atom. The van der Waals surface area contributed by atoms with Crippen molar-refractivity contribution in [2.24, 2.45) is 0 Å². The van der Waals surface area contributed by atoms with Crippen molar-refractivity contribution >= 4 is 5.69 Å². The van der Waals surface area contributed by atoms with Crippen molar-refractivity contribution in [1.82, 2.24) is 4.90 Å². The maximum absolute atomic E-state index is 13.1. The van der Waals surface area contributed by atoms with Crippen LogP contribution in [0.25, 0.3) is 0 Å². The molecule has 0 bridgehead atoms. The molecule has 0 aliphatic heterocycles. The maximum atomic E-state index is 13.1. The van der Waals surface area contributed by atoms with Crippen LogP contribution in [0.3, 0.4) is 0 Å². The molecule has 0 aliphatic carbocycles. The third-order valence-electron chi connectivity index (χ3n) is 1.97. The fraction of sp³-hybridized carbons (Fsp3) is 0.455. The van der Waals surface area contributed by atoms with E-state index in [9.17, 15) is 4.39 Å². The van der Waals surface area contributed by atoms with Crippen LogP contribution in [0.4, 0.5) is 10.1 Å². The molecule has 2 nitrogen and oxygen atoms in total. The summed E-state index contributed by atoms with van der Waals surface area (Å²) in [6.45, 7) is 1.82. The molecular formula is C11H17FN2. The van der Waals surface area contributed by atoms with Gasteiger partial charge in [0, 0.05) is 6.54 Å². The van der Waals surface area contributed by atoms with Crippen molar-refractivity contribution in [3.05, 3.63) is 30.1 Å². The number of anilines is 1. The van der Waals surface area contributed by atoms with Gasteiger partial charge in [-0.2, -0.15) is 0 Å². The molecule has 0 aliphatic rings. The molecule has 1 aromatic rings. The molecule has 0 radical (unpaired) electrons. The predicted octanol–water partition coefficient (Wildman–Crippen LogP) is 2.19. The van der Waals surface area contributed by atoms with Crippen molar-refractivity contribution in [2.75, 3.05) is 32.5 Å². The lowest BCUT2D eigenvalue weighted by atomic mass is 10.3. The van der Waals surface area contributed by atoms with Crippen LogP contribution < -0.4 is 5.32 Å². The Bertz CT molecular complexity index is 274. The monoisotopic (exact) mass is 196 g/mol. The molecule has 0 fully saturated rings. The molecule has 0 unspecified atom stereocenters. The number of nitrogens with zero attached hydrogens (tertiary/aromatic N) is 1. The van der Waals surface area contributed by atoms with Crippen LogP contribution in [0, 0.1) is 5.82 Å². The van der Waals surface area contributed by atoms with Gasteiger partial charge in [-0.1, -0.05) is 12.1 Å². The van der Waals surface area contributed by atoms with Crippen molar-refractivity contribution in [3.8, 4) is 0 Å². The molecule has 1 rings (SSSR count). The summed E-state index contributed by atoms with van der Waals surface area (Å²) in [5, 5.41) is 3.07. The van der Waals surface area contributed by atoms with Crippen LogP contribution in [0.1, 0.15) is 6.42 Å². The molecule has 0 amide bonds. The van der Waals surface area contributed by atoms with Gasteiger partial charge in [0.05, 0.1) is 5.69 Å². The average molecular weight is 196 g/mol. The van der Waals surface area contributed by atoms with Crippen molar-refractivity contribution < 1.29 is 4.39 Å². The first-order chi connectivity index (χ1) is 6.70. The quantitative estimate of drug-likeness (QED) is 0.726. The van der Waals surface area contributed by atoms with E-state index >= 15 is 0 Å². The molecule has 0 aromatic heterocycles. The van der Waals surface area contributed by atoms with Crippen LogP contribution in [0.15, 0.2) is 24.3 Å². The van der Waals surface area contributed by atoms with Crippen LogP contribution in [0.2, 0.25) is 0 Å². The third kappa shape index (κ3) is 3.75. The highest BCUT2D eigenvalue weighted by Gasteiger charge is 1.98. The minimum Gasteiger partial charge on any atom is -0.383 e.